The molecular weight excluding hydrogens is 416 g/mol. The van der Waals surface area contributed by atoms with Gasteiger partial charge in [-0.1, -0.05) is 30.3 Å². The molecule has 0 bridgehead atoms. The van der Waals surface area contributed by atoms with E-state index in [0.29, 0.717) is 38.2 Å². The van der Waals surface area contributed by atoms with Gasteiger partial charge in [-0.15, -0.1) is 5.10 Å². The molecule has 2 heterocycles. The zero-order chi connectivity index (χ0) is 21.7. The molecule has 2 aromatic carbocycles. The van der Waals surface area contributed by atoms with Crippen LogP contribution < -0.4 is 5.32 Å². The fourth-order valence-corrected chi connectivity index (χ4v) is 5.15. The number of sulfonamides is 1. The summed E-state index contributed by atoms with van der Waals surface area (Å²) in [6.07, 6.45) is 3.25. The van der Waals surface area contributed by atoms with Crippen molar-refractivity contribution in [2.45, 2.75) is 24.2 Å². The minimum absolute atomic E-state index is 0.00114. The lowest BCUT2D eigenvalue weighted by atomic mass is 9.97. The number of nitrogens with one attached hydrogen (secondary N) is 1. The van der Waals surface area contributed by atoms with Crippen molar-refractivity contribution in [1.82, 2.24) is 29.8 Å². The number of amides is 1. The lowest BCUT2D eigenvalue weighted by Crippen LogP contribution is -2.43. The van der Waals surface area contributed by atoms with Crippen molar-refractivity contribution in [1.29, 1.82) is 0 Å². The molecule has 1 N–H and O–H groups in total. The van der Waals surface area contributed by atoms with Gasteiger partial charge in [-0.25, -0.2) is 13.1 Å². The topological polar surface area (TPSA) is 110 Å². The van der Waals surface area contributed by atoms with Crippen LogP contribution in [0.25, 0.3) is 5.69 Å². The Bertz CT molecular complexity index is 1090. The Hall–Kier alpha value is -3.11. The van der Waals surface area contributed by atoms with Gasteiger partial charge in [0.2, 0.25) is 15.9 Å². The number of hydrogen-bond acceptors (Lipinski definition) is 6. The quantitative estimate of drug-likeness (QED) is 0.595. The molecule has 0 atom stereocenters. The standard InChI is InChI=1S/C21H24N6O3S/c28-21(22-13-10-17-4-2-1-3-5-17)18-11-14-26(15-12-18)31(29,30)20-8-6-19(7-9-20)27-16-23-24-25-27/h1-9,16,18H,10-15H2,(H,22,28). The van der Waals surface area contributed by atoms with Crippen molar-refractivity contribution >= 4 is 15.9 Å². The second kappa shape index (κ2) is 9.36. The van der Waals surface area contributed by atoms with Gasteiger partial charge < -0.3 is 5.32 Å². The van der Waals surface area contributed by atoms with Gasteiger partial charge >= 0.3 is 0 Å². The molecule has 1 aromatic heterocycles. The second-order valence-electron chi connectivity index (χ2n) is 7.45. The predicted molar refractivity (Wildman–Crippen MR) is 114 cm³/mol. The van der Waals surface area contributed by atoms with Gasteiger partial charge in [0.15, 0.2) is 0 Å². The summed E-state index contributed by atoms with van der Waals surface area (Å²) in [6, 6.07) is 16.4. The summed E-state index contributed by atoms with van der Waals surface area (Å²) in [4.78, 5) is 12.7. The van der Waals surface area contributed by atoms with Crippen LogP contribution in [0.15, 0.2) is 65.8 Å². The van der Waals surface area contributed by atoms with Crippen LogP contribution in [0.2, 0.25) is 0 Å². The van der Waals surface area contributed by atoms with Crippen molar-refractivity contribution in [3.8, 4) is 5.69 Å². The number of hydrogen-bond donors (Lipinski definition) is 1. The van der Waals surface area contributed by atoms with E-state index in [1.54, 1.807) is 24.3 Å². The van der Waals surface area contributed by atoms with Gasteiger partial charge in [-0.05, 0) is 59.5 Å². The van der Waals surface area contributed by atoms with Crippen LogP contribution in [-0.2, 0) is 21.2 Å². The van der Waals surface area contributed by atoms with Crippen molar-refractivity contribution in [3.05, 3.63) is 66.5 Å². The molecule has 0 spiro atoms. The predicted octanol–water partition coefficient (Wildman–Crippen LogP) is 1.42. The molecule has 0 radical (unpaired) electrons. The Kier molecular flexibility index (Phi) is 6.38. The molecule has 9 nitrogen and oxygen atoms in total. The van der Waals surface area contributed by atoms with E-state index in [9.17, 15) is 13.2 Å². The number of carbonyl (C=O) groups is 1. The molecule has 0 saturated carbocycles. The maximum Gasteiger partial charge on any atom is 0.243 e. The molecule has 0 aliphatic carbocycles. The van der Waals surface area contributed by atoms with Gasteiger partial charge in [0.1, 0.15) is 6.33 Å². The van der Waals surface area contributed by atoms with E-state index in [1.165, 1.54) is 20.9 Å². The average Bonchev–Trinajstić information content (AvgIpc) is 3.35. The first-order chi connectivity index (χ1) is 15.0. The highest BCUT2D eigenvalue weighted by Gasteiger charge is 2.32. The third-order valence-electron chi connectivity index (χ3n) is 5.47. The van der Waals surface area contributed by atoms with E-state index in [-0.39, 0.29) is 16.7 Å². The number of aromatic nitrogens is 4. The molecule has 3 aromatic rings. The minimum atomic E-state index is -3.61. The Morgan fingerprint density at radius 2 is 1.74 bits per heavy atom. The van der Waals surface area contributed by atoms with Crippen LogP contribution in [0.4, 0.5) is 0 Å². The third-order valence-corrected chi connectivity index (χ3v) is 7.38. The van der Waals surface area contributed by atoms with E-state index >= 15 is 0 Å². The highest BCUT2D eigenvalue weighted by Crippen LogP contribution is 2.24. The van der Waals surface area contributed by atoms with Crippen LogP contribution in [0.3, 0.4) is 0 Å². The van der Waals surface area contributed by atoms with E-state index in [0.717, 1.165) is 6.42 Å². The molecule has 1 saturated heterocycles. The lowest BCUT2D eigenvalue weighted by Gasteiger charge is -2.30. The Morgan fingerprint density at radius 3 is 2.39 bits per heavy atom. The maximum atomic E-state index is 13.0. The fraction of sp³-hybridized carbons (Fsp3) is 0.333. The maximum absolute atomic E-state index is 13.0. The fourth-order valence-electron chi connectivity index (χ4n) is 3.68. The number of rotatable bonds is 7. The van der Waals surface area contributed by atoms with Crippen LogP contribution >= 0.6 is 0 Å². The van der Waals surface area contributed by atoms with Crippen LogP contribution in [0.5, 0.6) is 0 Å². The van der Waals surface area contributed by atoms with Crippen molar-refractivity contribution in [3.63, 3.8) is 0 Å². The molecule has 1 amide bonds. The smallest absolute Gasteiger partial charge is 0.243 e. The Labute approximate surface area is 181 Å². The molecule has 1 aliphatic heterocycles. The van der Waals surface area contributed by atoms with E-state index in [4.69, 9.17) is 0 Å². The zero-order valence-corrected chi connectivity index (χ0v) is 17.8. The van der Waals surface area contributed by atoms with Gasteiger partial charge in [0, 0.05) is 25.6 Å². The van der Waals surface area contributed by atoms with Gasteiger partial charge in [0.05, 0.1) is 10.6 Å². The van der Waals surface area contributed by atoms with Crippen molar-refractivity contribution < 1.29 is 13.2 Å². The summed E-state index contributed by atoms with van der Waals surface area (Å²) in [5.74, 6) is -0.164. The summed E-state index contributed by atoms with van der Waals surface area (Å²) in [7, 11) is -3.61. The first-order valence-electron chi connectivity index (χ1n) is 10.2. The number of benzene rings is 2. The first kappa shape index (κ1) is 21.1. The van der Waals surface area contributed by atoms with Crippen LogP contribution in [-0.4, -0.2) is 58.5 Å². The lowest BCUT2D eigenvalue weighted by molar-refractivity contribution is -0.126. The van der Waals surface area contributed by atoms with E-state index in [1.807, 2.05) is 30.3 Å². The van der Waals surface area contributed by atoms with E-state index < -0.39 is 10.0 Å². The summed E-state index contributed by atoms with van der Waals surface area (Å²) in [5, 5.41) is 13.9. The monoisotopic (exact) mass is 440 g/mol. The van der Waals surface area contributed by atoms with Crippen molar-refractivity contribution in [2.24, 2.45) is 5.92 Å². The Balaban J connectivity index is 1.29. The SMILES string of the molecule is O=C(NCCc1ccccc1)C1CCN(S(=O)(=O)c2ccc(-n3cnnn3)cc2)CC1. The molecule has 0 unspecified atom stereocenters. The molecule has 1 aliphatic rings. The molecule has 162 valence electrons. The van der Waals surface area contributed by atoms with Crippen molar-refractivity contribution in [2.75, 3.05) is 19.6 Å². The first-order valence-corrected chi connectivity index (χ1v) is 11.6. The molecule has 1 fully saturated rings. The third kappa shape index (κ3) is 4.97. The normalized spacial score (nSPS) is 15.6. The minimum Gasteiger partial charge on any atom is -0.356 e. The van der Waals surface area contributed by atoms with Crippen LogP contribution in [0, 0.1) is 5.92 Å². The van der Waals surface area contributed by atoms with Gasteiger partial charge in [-0.2, -0.15) is 4.31 Å². The number of tetrazole rings is 1. The number of piperidine rings is 1. The summed E-state index contributed by atoms with van der Waals surface area (Å²) in [6.45, 7) is 1.23. The summed E-state index contributed by atoms with van der Waals surface area (Å²) in [5.41, 5.74) is 1.85. The van der Waals surface area contributed by atoms with Gasteiger partial charge in [0.25, 0.3) is 0 Å². The molecular formula is C21H24N6O3S. The summed E-state index contributed by atoms with van der Waals surface area (Å²) < 4.78 is 28.8. The Morgan fingerprint density at radius 1 is 1.03 bits per heavy atom. The molecule has 4 rings (SSSR count). The number of carbonyl (C=O) groups excluding carboxylic acids is 1. The van der Waals surface area contributed by atoms with Gasteiger partial charge in [-0.3, -0.25) is 4.79 Å². The average molecular weight is 441 g/mol. The van der Waals surface area contributed by atoms with Crippen LogP contribution in [0.1, 0.15) is 18.4 Å². The summed E-state index contributed by atoms with van der Waals surface area (Å²) >= 11 is 0. The second-order valence-corrected chi connectivity index (χ2v) is 9.39. The molecule has 31 heavy (non-hydrogen) atoms. The largest absolute Gasteiger partial charge is 0.356 e. The molecule has 10 heteroatoms. The highest BCUT2D eigenvalue weighted by molar-refractivity contribution is 7.89. The number of nitrogens with zero attached hydrogens (tertiary/aromatic N) is 5. The highest BCUT2D eigenvalue weighted by atomic mass is 32.2. The zero-order valence-electron chi connectivity index (χ0n) is 17.0. The van der Waals surface area contributed by atoms with E-state index in [2.05, 4.69) is 20.8 Å².